The molecule has 10 heteroatoms. The van der Waals surface area contributed by atoms with E-state index in [1.807, 2.05) is 12.1 Å². The molecule has 1 saturated carbocycles. The number of fused-ring (bicyclic) bond motifs is 1. The standard InChI is InChI=1S/C26H18F2N5O2S/c27-19-3-6-23(24(28)11-19)17-8-20(32-36(34,35)22-4-5-22)12-21(9-17)33-15-31-25-10-18(14-30-26(25)33)16-2-1-7-29-13-16/h1-3,6,8-15,22,32H,4-5H2. The number of nitrogens with one attached hydrogen (secondary N) is 1. The number of pyridine rings is 2. The third kappa shape index (κ3) is 4.20. The van der Waals surface area contributed by atoms with Gasteiger partial charge in [0.05, 0.1) is 22.8 Å². The van der Waals surface area contributed by atoms with Crippen molar-refractivity contribution in [2.24, 2.45) is 0 Å². The molecule has 5 aromatic rings. The summed E-state index contributed by atoms with van der Waals surface area (Å²) in [6, 6.07) is 13.6. The first-order chi connectivity index (χ1) is 17.4. The molecule has 1 aliphatic rings. The van der Waals surface area contributed by atoms with E-state index in [4.69, 9.17) is 0 Å². The van der Waals surface area contributed by atoms with E-state index in [-0.39, 0.29) is 11.3 Å². The zero-order valence-corrected chi connectivity index (χ0v) is 19.5. The highest BCUT2D eigenvalue weighted by Gasteiger charge is 2.35. The van der Waals surface area contributed by atoms with Crippen LogP contribution in [0.3, 0.4) is 0 Å². The van der Waals surface area contributed by atoms with E-state index in [9.17, 15) is 17.2 Å². The van der Waals surface area contributed by atoms with Gasteiger partial charge in [-0.1, -0.05) is 6.07 Å². The van der Waals surface area contributed by atoms with Gasteiger partial charge in [0.2, 0.25) is 10.0 Å². The lowest BCUT2D eigenvalue weighted by molar-refractivity contribution is 0.585. The molecule has 7 nitrogen and oxygen atoms in total. The lowest BCUT2D eigenvalue weighted by Crippen LogP contribution is -2.17. The lowest BCUT2D eigenvalue weighted by atomic mass is 10.0. The third-order valence-electron chi connectivity index (χ3n) is 6.00. The molecule has 1 radical (unpaired) electrons. The Morgan fingerprint density at radius 1 is 0.944 bits per heavy atom. The molecule has 1 aliphatic carbocycles. The van der Waals surface area contributed by atoms with Crippen LogP contribution in [-0.2, 0) is 10.0 Å². The van der Waals surface area contributed by atoms with Crippen molar-refractivity contribution in [1.82, 2.24) is 19.5 Å². The van der Waals surface area contributed by atoms with Crippen LogP contribution in [-0.4, -0.2) is 33.2 Å². The molecule has 0 bridgehead atoms. The Bertz CT molecular complexity index is 1720. The van der Waals surface area contributed by atoms with E-state index in [2.05, 4.69) is 25.9 Å². The van der Waals surface area contributed by atoms with Crippen LogP contribution >= 0.6 is 0 Å². The van der Waals surface area contributed by atoms with Gasteiger partial charge in [0.25, 0.3) is 0 Å². The van der Waals surface area contributed by atoms with Gasteiger partial charge in [0, 0.05) is 35.2 Å². The van der Waals surface area contributed by atoms with E-state index >= 15 is 0 Å². The SMILES string of the molecule is O=S(=O)(Nc1cc(-c2ccc(F)cc2F)cc(-n2cnc3cc(-c4cc[c]nc4)cnc32)c1)C1CC1. The van der Waals surface area contributed by atoms with Crippen molar-refractivity contribution in [3.05, 3.63) is 91.1 Å². The second kappa shape index (κ2) is 8.49. The number of hydrogen-bond donors (Lipinski definition) is 1. The molecule has 1 N–H and O–H groups in total. The summed E-state index contributed by atoms with van der Waals surface area (Å²) < 4.78 is 57.8. The van der Waals surface area contributed by atoms with E-state index in [0.29, 0.717) is 35.3 Å². The van der Waals surface area contributed by atoms with Crippen molar-refractivity contribution in [2.45, 2.75) is 18.1 Å². The Morgan fingerprint density at radius 3 is 2.56 bits per heavy atom. The summed E-state index contributed by atoms with van der Waals surface area (Å²) in [5, 5.41) is -0.439. The minimum Gasteiger partial charge on any atom is -0.283 e. The van der Waals surface area contributed by atoms with Crippen LogP contribution < -0.4 is 4.72 Å². The van der Waals surface area contributed by atoms with Gasteiger partial charge in [0.15, 0.2) is 5.65 Å². The summed E-state index contributed by atoms with van der Waals surface area (Å²) >= 11 is 0. The van der Waals surface area contributed by atoms with Crippen molar-refractivity contribution in [3.8, 4) is 27.9 Å². The second-order valence-corrected chi connectivity index (χ2v) is 10.6. The topological polar surface area (TPSA) is 89.8 Å². The summed E-state index contributed by atoms with van der Waals surface area (Å²) in [6.07, 6.45) is 8.87. The first-order valence-corrected chi connectivity index (χ1v) is 12.7. The molecule has 0 spiro atoms. The van der Waals surface area contributed by atoms with Crippen LogP contribution in [0, 0.1) is 17.8 Å². The van der Waals surface area contributed by atoms with Crippen molar-refractivity contribution in [2.75, 3.05) is 4.72 Å². The molecular weight excluding hydrogens is 484 g/mol. The molecule has 2 aromatic carbocycles. The monoisotopic (exact) mass is 502 g/mol. The molecule has 3 aromatic heterocycles. The second-order valence-electron chi connectivity index (χ2n) is 8.60. The van der Waals surface area contributed by atoms with E-state index in [1.165, 1.54) is 12.1 Å². The van der Waals surface area contributed by atoms with E-state index in [1.54, 1.807) is 41.5 Å². The number of hydrogen-bond acceptors (Lipinski definition) is 5. The minimum absolute atomic E-state index is 0.137. The Morgan fingerprint density at radius 2 is 1.81 bits per heavy atom. The molecule has 0 atom stereocenters. The summed E-state index contributed by atoms with van der Waals surface area (Å²) in [6.45, 7) is 0. The highest BCUT2D eigenvalue weighted by Crippen LogP contribution is 2.34. The summed E-state index contributed by atoms with van der Waals surface area (Å²) in [5.41, 5.74) is 4.13. The molecule has 1 fully saturated rings. The zero-order valence-electron chi connectivity index (χ0n) is 18.7. The molecule has 0 amide bonds. The maximum absolute atomic E-state index is 14.7. The van der Waals surface area contributed by atoms with Gasteiger partial charge >= 0.3 is 0 Å². The Hall–Kier alpha value is -4.18. The normalized spacial score (nSPS) is 13.7. The highest BCUT2D eigenvalue weighted by molar-refractivity contribution is 7.93. The minimum atomic E-state index is -3.57. The zero-order chi connectivity index (χ0) is 24.9. The highest BCUT2D eigenvalue weighted by atomic mass is 32.2. The molecule has 0 aliphatic heterocycles. The van der Waals surface area contributed by atoms with Crippen LogP contribution in [0.25, 0.3) is 39.1 Å². The maximum atomic E-state index is 14.7. The predicted molar refractivity (Wildman–Crippen MR) is 132 cm³/mol. The van der Waals surface area contributed by atoms with Crippen LogP contribution in [0.15, 0.2) is 73.3 Å². The Balaban J connectivity index is 1.48. The number of benzene rings is 2. The number of sulfonamides is 1. The number of aromatic nitrogens is 4. The number of imidazole rings is 1. The van der Waals surface area contributed by atoms with Crippen molar-refractivity contribution >= 4 is 26.9 Å². The molecule has 6 rings (SSSR count). The summed E-state index contributed by atoms with van der Waals surface area (Å²) in [4.78, 5) is 13.0. The van der Waals surface area contributed by atoms with Gasteiger partial charge in [-0.15, -0.1) is 0 Å². The van der Waals surface area contributed by atoms with Gasteiger partial charge in [-0.2, -0.15) is 0 Å². The third-order valence-corrected chi connectivity index (χ3v) is 7.87. The average molecular weight is 503 g/mol. The fourth-order valence-corrected chi connectivity index (χ4v) is 5.42. The summed E-state index contributed by atoms with van der Waals surface area (Å²) in [5.74, 6) is -1.45. The molecule has 36 heavy (non-hydrogen) atoms. The van der Waals surface area contributed by atoms with Crippen LogP contribution in [0.5, 0.6) is 0 Å². The average Bonchev–Trinajstić information content (AvgIpc) is 3.65. The molecule has 0 unspecified atom stereocenters. The molecular formula is C26H18F2N5O2S. The first-order valence-electron chi connectivity index (χ1n) is 11.2. The Kier molecular flexibility index (Phi) is 5.26. The molecule has 179 valence electrons. The van der Waals surface area contributed by atoms with Gasteiger partial charge in [0.1, 0.15) is 23.5 Å². The van der Waals surface area contributed by atoms with Crippen LogP contribution in [0.1, 0.15) is 12.8 Å². The predicted octanol–water partition coefficient (Wildman–Crippen LogP) is 5.13. The van der Waals surface area contributed by atoms with Crippen LogP contribution in [0.2, 0.25) is 0 Å². The molecule has 0 saturated heterocycles. The lowest BCUT2D eigenvalue weighted by Gasteiger charge is -2.14. The van der Waals surface area contributed by atoms with E-state index in [0.717, 1.165) is 23.3 Å². The maximum Gasteiger partial charge on any atom is 0.235 e. The summed E-state index contributed by atoms with van der Waals surface area (Å²) in [7, 11) is -3.57. The van der Waals surface area contributed by atoms with Gasteiger partial charge in [-0.25, -0.2) is 27.2 Å². The number of nitrogens with zero attached hydrogens (tertiary/aromatic N) is 4. The van der Waals surface area contributed by atoms with Crippen molar-refractivity contribution < 1.29 is 17.2 Å². The van der Waals surface area contributed by atoms with Gasteiger partial charge in [-0.05, 0) is 60.9 Å². The van der Waals surface area contributed by atoms with Gasteiger partial charge < -0.3 is 0 Å². The fourth-order valence-electron chi connectivity index (χ4n) is 4.05. The van der Waals surface area contributed by atoms with Crippen molar-refractivity contribution in [3.63, 3.8) is 0 Å². The molecule has 3 heterocycles. The smallest absolute Gasteiger partial charge is 0.235 e. The number of halogens is 2. The number of anilines is 1. The fraction of sp³-hybridized carbons (Fsp3) is 0.115. The Labute approximate surface area is 205 Å². The van der Waals surface area contributed by atoms with E-state index < -0.39 is 26.9 Å². The largest absolute Gasteiger partial charge is 0.283 e. The van der Waals surface area contributed by atoms with Gasteiger partial charge in [-0.3, -0.25) is 14.3 Å². The quantitative estimate of drug-likeness (QED) is 0.348. The van der Waals surface area contributed by atoms with Crippen LogP contribution in [0.4, 0.5) is 14.5 Å². The number of rotatable bonds is 6. The first kappa shape index (κ1) is 22.3. The van der Waals surface area contributed by atoms with Crippen molar-refractivity contribution in [1.29, 1.82) is 0 Å².